The largest absolute Gasteiger partial charge is 0.454 e. The molecule has 9 nitrogen and oxygen atoms in total. The van der Waals surface area contributed by atoms with Gasteiger partial charge in [0, 0.05) is 11.8 Å². The molecule has 1 atom stereocenters. The zero-order valence-corrected chi connectivity index (χ0v) is 20.3. The summed E-state index contributed by atoms with van der Waals surface area (Å²) in [5.74, 6) is 1.43. The molecule has 10 heteroatoms. The molecule has 1 aliphatic rings. The molecule has 1 aliphatic heterocycles. The van der Waals surface area contributed by atoms with Crippen molar-refractivity contribution >= 4 is 40.0 Å². The van der Waals surface area contributed by atoms with E-state index in [0.29, 0.717) is 39.0 Å². The highest BCUT2D eigenvalue weighted by Crippen LogP contribution is 2.34. The lowest BCUT2D eigenvalue weighted by Crippen LogP contribution is -2.24. The maximum absolute atomic E-state index is 13.5. The molecule has 1 unspecified atom stereocenters. The average Bonchev–Trinajstić information content (AvgIpc) is 3.52. The van der Waals surface area contributed by atoms with Crippen LogP contribution in [0.5, 0.6) is 11.5 Å². The summed E-state index contributed by atoms with van der Waals surface area (Å²) in [4.78, 5) is 26.5. The Morgan fingerprint density at radius 1 is 1.03 bits per heavy atom. The van der Waals surface area contributed by atoms with E-state index in [2.05, 4.69) is 15.5 Å². The van der Waals surface area contributed by atoms with Crippen molar-refractivity contribution in [2.75, 3.05) is 12.1 Å². The molecule has 0 radical (unpaired) electrons. The molecule has 0 saturated heterocycles. The summed E-state index contributed by atoms with van der Waals surface area (Å²) in [7, 11) is 0. The predicted octanol–water partition coefficient (Wildman–Crippen LogP) is 4.19. The Labute approximate surface area is 209 Å². The first-order chi connectivity index (χ1) is 17.5. The van der Waals surface area contributed by atoms with Crippen molar-refractivity contribution in [3.63, 3.8) is 0 Å². The fourth-order valence-corrected chi connectivity index (χ4v) is 5.07. The number of carbonyl (C=O) groups is 1. The Kier molecular flexibility index (Phi) is 5.37. The highest BCUT2D eigenvalue weighted by atomic mass is 32.2. The van der Waals surface area contributed by atoms with Crippen molar-refractivity contribution in [3.05, 3.63) is 82.6 Å². The maximum atomic E-state index is 13.5. The van der Waals surface area contributed by atoms with Crippen molar-refractivity contribution in [3.8, 4) is 17.2 Å². The van der Waals surface area contributed by atoms with E-state index < -0.39 is 5.25 Å². The summed E-state index contributed by atoms with van der Waals surface area (Å²) in [6, 6.07) is 20.2. The van der Waals surface area contributed by atoms with Gasteiger partial charge in [0.15, 0.2) is 16.7 Å². The fourth-order valence-electron chi connectivity index (χ4n) is 4.22. The zero-order chi connectivity index (χ0) is 24.8. The second-order valence-corrected chi connectivity index (χ2v) is 9.69. The summed E-state index contributed by atoms with van der Waals surface area (Å²) < 4.78 is 14.1. The summed E-state index contributed by atoms with van der Waals surface area (Å²) in [6.07, 6.45) is 0. The van der Waals surface area contributed by atoms with E-state index in [1.54, 1.807) is 35.8 Å². The SMILES string of the molecule is Cc1ccccc1-n1c(=O)c2ccccc2n2c(SC(C)C(=O)Nc3ccc4c(c3)OCO4)nnc12. The third-order valence-electron chi connectivity index (χ3n) is 6.04. The second-order valence-electron chi connectivity index (χ2n) is 8.38. The van der Waals surface area contributed by atoms with E-state index in [-0.39, 0.29) is 18.3 Å². The first-order valence-corrected chi connectivity index (χ1v) is 12.2. The number of aromatic nitrogens is 4. The topological polar surface area (TPSA) is 99.8 Å². The average molecular weight is 500 g/mol. The molecule has 0 aliphatic carbocycles. The number of anilines is 1. The molecule has 36 heavy (non-hydrogen) atoms. The van der Waals surface area contributed by atoms with Gasteiger partial charge in [-0.15, -0.1) is 10.2 Å². The van der Waals surface area contributed by atoms with Crippen LogP contribution in [0.4, 0.5) is 5.69 Å². The Hall–Kier alpha value is -4.31. The van der Waals surface area contributed by atoms with Gasteiger partial charge in [-0.25, -0.2) is 4.57 Å². The number of rotatable bonds is 5. The number of ether oxygens (including phenoxy) is 2. The summed E-state index contributed by atoms with van der Waals surface area (Å²) in [5.41, 5.74) is 2.78. The molecule has 5 aromatic rings. The number of para-hydroxylation sites is 2. The second kappa shape index (κ2) is 8.72. The quantitative estimate of drug-likeness (QED) is 0.362. The minimum atomic E-state index is -0.500. The molecule has 0 spiro atoms. The minimum absolute atomic E-state index is 0.167. The van der Waals surface area contributed by atoms with Crippen LogP contribution < -0.4 is 20.3 Å². The lowest BCUT2D eigenvalue weighted by Gasteiger charge is -2.14. The Bertz CT molecular complexity index is 1710. The van der Waals surface area contributed by atoms with E-state index in [1.165, 1.54) is 11.8 Å². The smallest absolute Gasteiger partial charge is 0.267 e. The summed E-state index contributed by atoms with van der Waals surface area (Å²) in [6.45, 7) is 3.91. The molecule has 2 aromatic heterocycles. The van der Waals surface area contributed by atoms with E-state index in [0.717, 1.165) is 11.3 Å². The number of hydrogen-bond acceptors (Lipinski definition) is 7. The van der Waals surface area contributed by atoms with E-state index in [1.807, 2.05) is 53.8 Å². The van der Waals surface area contributed by atoms with Crippen LogP contribution in [0.25, 0.3) is 22.4 Å². The van der Waals surface area contributed by atoms with Gasteiger partial charge in [-0.3, -0.25) is 14.0 Å². The lowest BCUT2D eigenvalue weighted by molar-refractivity contribution is -0.115. The maximum Gasteiger partial charge on any atom is 0.267 e. The standard InChI is InChI=1S/C26H21N5O4S/c1-15-7-3-5-9-19(15)30-24(33)18-8-4-6-10-20(18)31-25(30)28-29-26(31)36-16(2)23(32)27-17-11-12-21-22(13-17)35-14-34-21/h3-13,16H,14H2,1-2H3,(H,27,32). The predicted molar refractivity (Wildman–Crippen MR) is 137 cm³/mol. The third kappa shape index (κ3) is 3.66. The fraction of sp³-hybridized carbons (Fsp3) is 0.154. The molecule has 3 heterocycles. The number of carbonyl (C=O) groups excluding carboxylic acids is 1. The van der Waals surface area contributed by atoms with Gasteiger partial charge < -0.3 is 14.8 Å². The van der Waals surface area contributed by atoms with Crippen LogP contribution in [0, 0.1) is 6.92 Å². The van der Waals surface area contributed by atoms with Crippen molar-refractivity contribution in [1.29, 1.82) is 0 Å². The van der Waals surface area contributed by atoms with Crippen LogP contribution in [0.1, 0.15) is 12.5 Å². The van der Waals surface area contributed by atoms with Crippen LogP contribution >= 0.6 is 11.8 Å². The van der Waals surface area contributed by atoms with Crippen LogP contribution in [-0.2, 0) is 4.79 Å². The molecule has 3 aromatic carbocycles. The summed E-state index contributed by atoms with van der Waals surface area (Å²) >= 11 is 1.27. The normalized spacial score (nSPS) is 13.3. The zero-order valence-electron chi connectivity index (χ0n) is 19.5. The Morgan fingerprint density at radius 2 is 1.81 bits per heavy atom. The van der Waals surface area contributed by atoms with Gasteiger partial charge in [0.05, 0.1) is 21.8 Å². The first-order valence-electron chi connectivity index (χ1n) is 11.3. The van der Waals surface area contributed by atoms with Crippen molar-refractivity contribution < 1.29 is 14.3 Å². The number of benzene rings is 3. The molecule has 6 rings (SSSR count). The molecule has 180 valence electrons. The number of aryl methyl sites for hydroxylation is 1. The van der Waals surface area contributed by atoms with Crippen molar-refractivity contribution in [1.82, 2.24) is 19.2 Å². The number of nitrogens with one attached hydrogen (secondary N) is 1. The third-order valence-corrected chi connectivity index (χ3v) is 7.09. The highest BCUT2D eigenvalue weighted by Gasteiger charge is 2.23. The van der Waals surface area contributed by atoms with E-state index in [4.69, 9.17) is 9.47 Å². The number of fused-ring (bicyclic) bond motifs is 4. The van der Waals surface area contributed by atoms with Crippen LogP contribution in [0.3, 0.4) is 0 Å². The van der Waals surface area contributed by atoms with E-state index >= 15 is 0 Å². The Morgan fingerprint density at radius 3 is 2.67 bits per heavy atom. The monoisotopic (exact) mass is 499 g/mol. The molecule has 1 amide bonds. The van der Waals surface area contributed by atoms with Crippen molar-refractivity contribution in [2.24, 2.45) is 0 Å². The molecular weight excluding hydrogens is 478 g/mol. The minimum Gasteiger partial charge on any atom is -0.454 e. The van der Waals surface area contributed by atoms with E-state index in [9.17, 15) is 9.59 Å². The summed E-state index contributed by atoms with van der Waals surface area (Å²) in [5, 5.41) is 12.2. The van der Waals surface area contributed by atoms with Crippen LogP contribution in [0.15, 0.2) is 76.7 Å². The van der Waals surface area contributed by atoms with Gasteiger partial charge in [0.1, 0.15) is 0 Å². The van der Waals surface area contributed by atoms with Gasteiger partial charge in [0.2, 0.25) is 18.5 Å². The Balaban J connectivity index is 1.39. The molecule has 0 saturated carbocycles. The molecular formula is C26H21N5O4S. The van der Waals surface area contributed by atoms with Gasteiger partial charge in [-0.2, -0.15) is 0 Å². The number of hydrogen-bond donors (Lipinski definition) is 1. The highest BCUT2D eigenvalue weighted by molar-refractivity contribution is 8.00. The first kappa shape index (κ1) is 22.2. The van der Waals surface area contributed by atoms with Crippen LogP contribution in [-0.4, -0.2) is 37.1 Å². The lowest BCUT2D eigenvalue weighted by atomic mass is 10.2. The van der Waals surface area contributed by atoms with Crippen LogP contribution in [0.2, 0.25) is 0 Å². The number of amides is 1. The molecule has 1 N–H and O–H groups in total. The van der Waals surface area contributed by atoms with Gasteiger partial charge in [0.25, 0.3) is 5.56 Å². The van der Waals surface area contributed by atoms with Gasteiger partial charge in [-0.05, 0) is 49.7 Å². The molecule has 0 bridgehead atoms. The number of nitrogens with zero attached hydrogens (tertiary/aromatic N) is 4. The van der Waals surface area contributed by atoms with Gasteiger partial charge >= 0.3 is 0 Å². The molecule has 0 fully saturated rings. The number of thioether (sulfide) groups is 1. The van der Waals surface area contributed by atoms with Crippen molar-refractivity contribution in [2.45, 2.75) is 24.3 Å². The van der Waals surface area contributed by atoms with Gasteiger partial charge in [-0.1, -0.05) is 42.1 Å².